The van der Waals surface area contributed by atoms with Crippen LogP contribution in [0.4, 0.5) is 0 Å². The first-order valence-corrected chi connectivity index (χ1v) is 6.49. The zero-order chi connectivity index (χ0) is 12.8. The maximum Gasteiger partial charge on any atom is 0.125 e. The Kier molecular flexibility index (Phi) is 5.49. The molecule has 1 aromatic rings. The van der Waals surface area contributed by atoms with Gasteiger partial charge in [-0.15, -0.1) is 0 Å². The van der Waals surface area contributed by atoms with Gasteiger partial charge in [-0.05, 0) is 50.3 Å². The molecule has 0 bridgehead atoms. The van der Waals surface area contributed by atoms with E-state index in [2.05, 4.69) is 45.9 Å². The lowest BCUT2D eigenvalue weighted by atomic mass is 10.0. The van der Waals surface area contributed by atoms with Gasteiger partial charge in [-0.1, -0.05) is 32.0 Å². The van der Waals surface area contributed by atoms with Crippen molar-refractivity contribution >= 4 is 0 Å². The fraction of sp³-hybridized carbons (Fsp3) is 0.600. The quantitative estimate of drug-likeness (QED) is 0.821. The molecule has 0 aliphatic rings. The molecule has 0 aromatic heterocycles. The third-order valence-electron chi connectivity index (χ3n) is 2.83. The summed E-state index contributed by atoms with van der Waals surface area (Å²) in [6.07, 6.45) is 2.22. The molecule has 1 aromatic carbocycles. The third-order valence-corrected chi connectivity index (χ3v) is 2.83. The van der Waals surface area contributed by atoms with Crippen molar-refractivity contribution < 1.29 is 4.74 Å². The molecule has 0 radical (unpaired) electrons. The van der Waals surface area contributed by atoms with Gasteiger partial charge in [0, 0.05) is 0 Å². The molecule has 96 valence electrons. The van der Waals surface area contributed by atoms with Gasteiger partial charge in [0.05, 0.1) is 6.10 Å². The Morgan fingerprint density at radius 3 is 2.53 bits per heavy atom. The average Bonchev–Trinajstić information content (AvgIpc) is 2.22. The molecule has 1 unspecified atom stereocenters. The Bertz CT molecular complexity index is 347. The highest BCUT2D eigenvalue weighted by Crippen LogP contribution is 2.26. The van der Waals surface area contributed by atoms with Gasteiger partial charge in [-0.25, -0.2) is 0 Å². The van der Waals surface area contributed by atoms with E-state index in [4.69, 9.17) is 10.5 Å². The largest absolute Gasteiger partial charge is 0.490 e. The monoisotopic (exact) mass is 235 g/mol. The molecule has 2 N–H and O–H groups in total. The summed E-state index contributed by atoms with van der Waals surface area (Å²) < 4.78 is 6.08. The number of aryl methyl sites for hydroxylation is 1. The van der Waals surface area contributed by atoms with Gasteiger partial charge < -0.3 is 10.5 Å². The second kappa shape index (κ2) is 6.65. The number of ether oxygens (including phenoxy) is 1. The van der Waals surface area contributed by atoms with E-state index >= 15 is 0 Å². The first-order valence-electron chi connectivity index (χ1n) is 6.49. The number of hydrogen-bond acceptors (Lipinski definition) is 2. The smallest absolute Gasteiger partial charge is 0.125 e. The van der Waals surface area contributed by atoms with E-state index in [1.54, 1.807) is 0 Å². The van der Waals surface area contributed by atoms with Gasteiger partial charge in [0.1, 0.15) is 5.75 Å². The lowest BCUT2D eigenvalue weighted by Crippen LogP contribution is -2.16. The molecular formula is C15H25NO. The van der Waals surface area contributed by atoms with Crippen LogP contribution in [0.5, 0.6) is 5.75 Å². The van der Waals surface area contributed by atoms with E-state index in [0.717, 1.165) is 18.6 Å². The molecule has 0 heterocycles. The van der Waals surface area contributed by atoms with Crippen LogP contribution in [0.25, 0.3) is 0 Å². The minimum absolute atomic E-state index is 0.257. The van der Waals surface area contributed by atoms with Crippen molar-refractivity contribution in [3.05, 3.63) is 29.3 Å². The summed E-state index contributed by atoms with van der Waals surface area (Å²) in [5.41, 5.74) is 8.06. The molecule has 0 saturated carbocycles. The molecule has 0 spiro atoms. The van der Waals surface area contributed by atoms with Gasteiger partial charge >= 0.3 is 0 Å². The number of rotatable bonds is 6. The van der Waals surface area contributed by atoms with Crippen molar-refractivity contribution in [1.29, 1.82) is 0 Å². The zero-order valence-corrected chi connectivity index (χ0v) is 11.5. The Morgan fingerprint density at radius 1 is 1.24 bits per heavy atom. The lowest BCUT2D eigenvalue weighted by Gasteiger charge is -2.20. The Labute approximate surface area is 105 Å². The second-order valence-corrected chi connectivity index (χ2v) is 5.16. The van der Waals surface area contributed by atoms with Crippen LogP contribution in [-0.4, -0.2) is 12.6 Å². The fourth-order valence-corrected chi connectivity index (χ4v) is 2.15. The van der Waals surface area contributed by atoms with Crippen LogP contribution in [0.3, 0.4) is 0 Å². The van der Waals surface area contributed by atoms with E-state index in [1.807, 2.05) is 0 Å². The summed E-state index contributed by atoms with van der Waals surface area (Å²) in [5.74, 6) is 1.69. The highest BCUT2D eigenvalue weighted by Gasteiger charge is 2.11. The van der Waals surface area contributed by atoms with E-state index in [1.165, 1.54) is 11.1 Å². The summed E-state index contributed by atoms with van der Waals surface area (Å²) in [5, 5.41) is 0. The molecule has 0 aliphatic carbocycles. The van der Waals surface area contributed by atoms with E-state index in [9.17, 15) is 0 Å². The van der Waals surface area contributed by atoms with Crippen molar-refractivity contribution in [2.45, 2.75) is 46.6 Å². The summed E-state index contributed by atoms with van der Waals surface area (Å²) in [7, 11) is 0. The van der Waals surface area contributed by atoms with Crippen molar-refractivity contribution in [2.75, 3.05) is 6.54 Å². The molecule has 0 aliphatic heterocycles. The zero-order valence-electron chi connectivity index (χ0n) is 11.5. The second-order valence-electron chi connectivity index (χ2n) is 5.16. The van der Waals surface area contributed by atoms with Gasteiger partial charge in [0.25, 0.3) is 0 Å². The van der Waals surface area contributed by atoms with E-state index < -0.39 is 0 Å². The lowest BCUT2D eigenvalue weighted by molar-refractivity contribution is 0.190. The standard InChI is InChI=1S/C15H25NO/c1-11(2)10-13(4)17-15-12(3)6-5-7-14(15)8-9-16/h5-7,11,13H,8-10,16H2,1-4H3. The van der Waals surface area contributed by atoms with Crippen molar-refractivity contribution in [2.24, 2.45) is 11.7 Å². The molecule has 0 saturated heterocycles. The SMILES string of the molecule is Cc1cccc(CCN)c1OC(C)CC(C)C. The molecule has 2 heteroatoms. The molecule has 2 nitrogen and oxygen atoms in total. The highest BCUT2D eigenvalue weighted by molar-refractivity contribution is 5.41. The maximum absolute atomic E-state index is 6.08. The maximum atomic E-state index is 6.08. The van der Waals surface area contributed by atoms with Gasteiger partial charge in [0.15, 0.2) is 0 Å². The van der Waals surface area contributed by atoms with Crippen LogP contribution in [0.15, 0.2) is 18.2 Å². The number of benzene rings is 1. The minimum atomic E-state index is 0.257. The van der Waals surface area contributed by atoms with Gasteiger partial charge in [-0.3, -0.25) is 0 Å². The Hall–Kier alpha value is -1.02. The first kappa shape index (κ1) is 14.0. The topological polar surface area (TPSA) is 35.2 Å². The van der Waals surface area contributed by atoms with Crippen LogP contribution in [0.1, 0.15) is 38.3 Å². The fourth-order valence-electron chi connectivity index (χ4n) is 2.15. The summed E-state index contributed by atoms with van der Waals surface area (Å²) in [6.45, 7) is 9.34. The van der Waals surface area contributed by atoms with Crippen molar-refractivity contribution in [3.8, 4) is 5.75 Å². The van der Waals surface area contributed by atoms with E-state index in [-0.39, 0.29) is 6.10 Å². The Morgan fingerprint density at radius 2 is 1.94 bits per heavy atom. The van der Waals surface area contributed by atoms with E-state index in [0.29, 0.717) is 12.5 Å². The Balaban J connectivity index is 2.80. The first-order chi connectivity index (χ1) is 8.04. The molecule has 0 fully saturated rings. The number of para-hydroxylation sites is 1. The molecular weight excluding hydrogens is 210 g/mol. The van der Waals surface area contributed by atoms with Crippen LogP contribution in [-0.2, 0) is 6.42 Å². The van der Waals surface area contributed by atoms with Gasteiger partial charge in [-0.2, -0.15) is 0 Å². The highest BCUT2D eigenvalue weighted by atomic mass is 16.5. The summed E-state index contributed by atoms with van der Waals surface area (Å²) >= 11 is 0. The van der Waals surface area contributed by atoms with Gasteiger partial charge in [0.2, 0.25) is 0 Å². The molecule has 1 atom stereocenters. The van der Waals surface area contributed by atoms with Crippen molar-refractivity contribution in [3.63, 3.8) is 0 Å². The average molecular weight is 235 g/mol. The predicted molar refractivity (Wildman–Crippen MR) is 73.5 cm³/mol. The summed E-state index contributed by atoms with van der Waals surface area (Å²) in [6, 6.07) is 6.27. The number of hydrogen-bond donors (Lipinski definition) is 1. The predicted octanol–water partition coefficient (Wildman–Crippen LogP) is 3.31. The van der Waals surface area contributed by atoms with Crippen LogP contribution >= 0.6 is 0 Å². The third kappa shape index (κ3) is 4.39. The van der Waals surface area contributed by atoms with Crippen LogP contribution in [0, 0.1) is 12.8 Å². The van der Waals surface area contributed by atoms with Crippen molar-refractivity contribution in [1.82, 2.24) is 0 Å². The summed E-state index contributed by atoms with van der Waals surface area (Å²) in [4.78, 5) is 0. The van der Waals surface area contributed by atoms with Crippen LogP contribution in [0.2, 0.25) is 0 Å². The van der Waals surface area contributed by atoms with Crippen LogP contribution < -0.4 is 10.5 Å². The molecule has 17 heavy (non-hydrogen) atoms. The molecule has 0 amide bonds. The molecule has 1 rings (SSSR count). The normalized spacial score (nSPS) is 12.8. The minimum Gasteiger partial charge on any atom is -0.490 e. The number of nitrogens with two attached hydrogens (primary N) is 1.